The minimum atomic E-state index is -0.609. The monoisotopic (exact) mass is 267 g/mol. The van der Waals surface area contributed by atoms with E-state index in [-0.39, 0.29) is 17.8 Å². The van der Waals surface area contributed by atoms with Crippen LogP contribution in [0.3, 0.4) is 0 Å². The number of carbonyl (C=O) groups is 1. The number of nitrogens with two attached hydrogens (primary N) is 1. The minimum Gasteiger partial charge on any atom is -0.497 e. The molecule has 19 heavy (non-hydrogen) atoms. The number of benzene rings is 1. The predicted octanol–water partition coefficient (Wildman–Crippen LogP) is 1.07. The molecule has 1 aromatic rings. The van der Waals surface area contributed by atoms with Crippen LogP contribution >= 0.6 is 0 Å². The number of nitrogens with one attached hydrogen (secondary N) is 1. The topological polar surface area (TPSA) is 107 Å². The molecule has 0 saturated heterocycles. The highest BCUT2D eigenvalue weighted by molar-refractivity contribution is 5.98. The van der Waals surface area contributed by atoms with Crippen molar-refractivity contribution < 1.29 is 14.5 Å². The number of amides is 1. The van der Waals surface area contributed by atoms with Gasteiger partial charge in [0.15, 0.2) is 0 Å². The maximum Gasteiger partial charge on any atom is 0.282 e. The summed E-state index contributed by atoms with van der Waals surface area (Å²) in [5.41, 5.74) is 4.83. The second-order valence-electron chi connectivity index (χ2n) is 4.81. The Morgan fingerprint density at radius 2 is 2.16 bits per heavy atom. The van der Waals surface area contributed by atoms with E-state index >= 15 is 0 Å². The normalized spacial score (nSPS) is 10.9. The first-order chi connectivity index (χ1) is 8.74. The summed E-state index contributed by atoms with van der Waals surface area (Å²) in [7, 11) is 1.42. The number of ether oxygens (including phenoxy) is 1. The van der Waals surface area contributed by atoms with E-state index in [0.717, 1.165) is 0 Å². The summed E-state index contributed by atoms with van der Waals surface area (Å²) in [5, 5.41) is 13.4. The van der Waals surface area contributed by atoms with Crippen molar-refractivity contribution in [1.82, 2.24) is 5.32 Å². The number of nitro groups is 1. The Labute approximate surface area is 110 Å². The van der Waals surface area contributed by atoms with Gasteiger partial charge in [-0.15, -0.1) is 0 Å². The highest BCUT2D eigenvalue weighted by atomic mass is 16.6. The van der Waals surface area contributed by atoms with E-state index in [0.29, 0.717) is 5.75 Å². The fraction of sp³-hybridized carbons (Fsp3) is 0.417. The Kier molecular flexibility index (Phi) is 4.44. The predicted molar refractivity (Wildman–Crippen MR) is 70.2 cm³/mol. The van der Waals surface area contributed by atoms with Gasteiger partial charge in [-0.1, -0.05) is 0 Å². The molecule has 7 nitrogen and oxygen atoms in total. The van der Waals surface area contributed by atoms with E-state index in [2.05, 4.69) is 5.32 Å². The van der Waals surface area contributed by atoms with Gasteiger partial charge in [-0.2, -0.15) is 0 Å². The van der Waals surface area contributed by atoms with Gasteiger partial charge < -0.3 is 15.8 Å². The first-order valence-corrected chi connectivity index (χ1v) is 5.64. The molecule has 1 aromatic carbocycles. The summed E-state index contributed by atoms with van der Waals surface area (Å²) < 4.78 is 4.96. The summed E-state index contributed by atoms with van der Waals surface area (Å²) in [6.07, 6.45) is 0. The lowest BCUT2D eigenvalue weighted by atomic mass is 10.1. The van der Waals surface area contributed by atoms with Crippen LogP contribution in [0.15, 0.2) is 18.2 Å². The Balaban J connectivity index is 3.02. The van der Waals surface area contributed by atoms with Crippen molar-refractivity contribution in [2.45, 2.75) is 19.4 Å². The molecule has 104 valence electrons. The summed E-state index contributed by atoms with van der Waals surface area (Å²) in [6.45, 7) is 3.70. The Morgan fingerprint density at radius 1 is 1.53 bits per heavy atom. The Bertz CT molecular complexity index is 494. The lowest BCUT2D eigenvalue weighted by Crippen LogP contribution is -2.45. The standard InChI is InChI=1S/C12H17N3O4/c1-12(2,13)7-14-11(16)9-6-8(19-3)4-5-10(9)15(17)18/h4-6H,7,13H2,1-3H3,(H,14,16). The van der Waals surface area contributed by atoms with E-state index in [1.807, 2.05) is 0 Å². The molecular formula is C12H17N3O4. The minimum absolute atomic E-state index is 0.0476. The highest BCUT2D eigenvalue weighted by Crippen LogP contribution is 2.23. The average Bonchev–Trinajstić information content (AvgIpc) is 2.34. The SMILES string of the molecule is COc1ccc([N+](=O)[O-])c(C(=O)NCC(C)(C)N)c1. The quantitative estimate of drug-likeness (QED) is 0.613. The third-order valence-electron chi connectivity index (χ3n) is 2.35. The van der Waals surface area contributed by atoms with Crippen LogP contribution in [0.25, 0.3) is 0 Å². The van der Waals surface area contributed by atoms with Gasteiger partial charge >= 0.3 is 0 Å². The smallest absolute Gasteiger partial charge is 0.282 e. The first kappa shape index (κ1) is 14.9. The molecule has 0 saturated carbocycles. The van der Waals surface area contributed by atoms with Crippen molar-refractivity contribution in [1.29, 1.82) is 0 Å². The maximum absolute atomic E-state index is 12.0. The average molecular weight is 267 g/mol. The van der Waals surface area contributed by atoms with Gasteiger partial charge in [-0.3, -0.25) is 14.9 Å². The van der Waals surface area contributed by atoms with Crippen molar-refractivity contribution in [3.8, 4) is 5.75 Å². The molecule has 0 aromatic heterocycles. The lowest BCUT2D eigenvalue weighted by molar-refractivity contribution is -0.385. The van der Waals surface area contributed by atoms with Gasteiger partial charge in [-0.05, 0) is 26.0 Å². The van der Waals surface area contributed by atoms with Crippen LogP contribution in [0.5, 0.6) is 5.75 Å². The van der Waals surface area contributed by atoms with E-state index in [1.54, 1.807) is 13.8 Å². The second kappa shape index (κ2) is 5.66. The molecule has 0 aliphatic rings. The fourth-order valence-electron chi connectivity index (χ4n) is 1.39. The molecule has 7 heteroatoms. The Morgan fingerprint density at radius 3 is 2.63 bits per heavy atom. The van der Waals surface area contributed by atoms with Gasteiger partial charge in [0, 0.05) is 18.2 Å². The van der Waals surface area contributed by atoms with Crippen LogP contribution in [0.1, 0.15) is 24.2 Å². The molecule has 1 rings (SSSR count). The molecule has 0 atom stereocenters. The molecule has 1 amide bonds. The van der Waals surface area contributed by atoms with Crippen molar-refractivity contribution in [2.24, 2.45) is 5.73 Å². The van der Waals surface area contributed by atoms with E-state index < -0.39 is 16.4 Å². The van der Waals surface area contributed by atoms with Gasteiger partial charge in [0.2, 0.25) is 0 Å². The number of carbonyl (C=O) groups excluding carboxylic acids is 1. The van der Waals surface area contributed by atoms with Crippen LogP contribution in [0, 0.1) is 10.1 Å². The fourth-order valence-corrected chi connectivity index (χ4v) is 1.39. The van der Waals surface area contributed by atoms with E-state index in [1.165, 1.54) is 25.3 Å². The zero-order valence-corrected chi connectivity index (χ0v) is 11.1. The molecule has 3 N–H and O–H groups in total. The number of methoxy groups -OCH3 is 1. The molecule has 0 radical (unpaired) electrons. The van der Waals surface area contributed by atoms with Crippen molar-refractivity contribution in [3.05, 3.63) is 33.9 Å². The number of nitrogens with zero attached hydrogens (tertiary/aromatic N) is 1. The summed E-state index contributed by atoms with van der Waals surface area (Å²) in [6, 6.07) is 4.00. The summed E-state index contributed by atoms with van der Waals surface area (Å²) in [5.74, 6) is -0.174. The summed E-state index contributed by atoms with van der Waals surface area (Å²) >= 11 is 0. The molecule has 0 spiro atoms. The van der Waals surface area contributed by atoms with Crippen molar-refractivity contribution in [2.75, 3.05) is 13.7 Å². The van der Waals surface area contributed by atoms with Crippen LogP contribution in [0.4, 0.5) is 5.69 Å². The number of rotatable bonds is 5. The highest BCUT2D eigenvalue weighted by Gasteiger charge is 2.22. The molecule has 0 unspecified atom stereocenters. The third-order valence-corrected chi connectivity index (χ3v) is 2.35. The first-order valence-electron chi connectivity index (χ1n) is 5.64. The van der Waals surface area contributed by atoms with E-state index in [9.17, 15) is 14.9 Å². The van der Waals surface area contributed by atoms with Crippen molar-refractivity contribution >= 4 is 11.6 Å². The van der Waals surface area contributed by atoms with Crippen LogP contribution < -0.4 is 15.8 Å². The largest absolute Gasteiger partial charge is 0.497 e. The molecule has 0 heterocycles. The Hall–Kier alpha value is -2.15. The summed E-state index contributed by atoms with van der Waals surface area (Å²) in [4.78, 5) is 22.2. The van der Waals surface area contributed by atoms with Gasteiger partial charge in [0.25, 0.3) is 11.6 Å². The zero-order valence-electron chi connectivity index (χ0n) is 11.1. The van der Waals surface area contributed by atoms with Gasteiger partial charge in [0.05, 0.1) is 12.0 Å². The number of hydrogen-bond acceptors (Lipinski definition) is 5. The zero-order chi connectivity index (χ0) is 14.6. The van der Waals surface area contributed by atoms with Crippen LogP contribution in [-0.4, -0.2) is 30.0 Å². The van der Waals surface area contributed by atoms with Gasteiger partial charge in [0.1, 0.15) is 11.3 Å². The number of hydrogen-bond donors (Lipinski definition) is 2. The molecule has 0 aliphatic heterocycles. The second-order valence-corrected chi connectivity index (χ2v) is 4.81. The maximum atomic E-state index is 12.0. The lowest BCUT2D eigenvalue weighted by Gasteiger charge is -2.18. The molecule has 0 fully saturated rings. The molecular weight excluding hydrogens is 250 g/mol. The number of nitro benzene ring substituents is 1. The van der Waals surface area contributed by atoms with Crippen molar-refractivity contribution in [3.63, 3.8) is 0 Å². The van der Waals surface area contributed by atoms with Gasteiger partial charge in [-0.25, -0.2) is 0 Å². The van der Waals surface area contributed by atoms with Crippen LogP contribution in [-0.2, 0) is 0 Å². The van der Waals surface area contributed by atoms with Crippen LogP contribution in [0.2, 0.25) is 0 Å². The third kappa shape index (κ3) is 4.22. The molecule has 0 aliphatic carbocycles. The molecule has 0 bridgehead atoms. The van der Waals surface area contributed by atoms with E-state index in [4.69, 9.17) is 10.5 Å².